The number of rotatable bonds is 7. The normalized spacial score (nSPS) is 21.3. The van der Waals surface area contributed by atoms with Crippen molar-refractivity contribution < 1.29 is 4.79 Å². The lowest BCUT2D eigenvalue weighted by atomic mass is 9.85. The molecule has 1 aliphatic rings. The van der Waals surface area contributed by atoms with Crippen LogP contribution in [0.15, 0.2) is 0 Å². The summed E-state index contributed by atoms with van der Waals surface area (Å²) in [5, 5.41) is 3.50. The van der Waals surface area contributed by atoms with Gasteiger partial charge in [-0.15, -0.1) is 0 Å². The molecule has 112 valence electrons. The zero-order valence-corrected chi connectivity index (χ0v) is 13.3. The van der Waals surface area contributed by atoms with Crippen molar-refractivity contribution in [3.63, 3.8) is 0 Å². The molecule has 1 atom stereocenters. The number of hydrogen-bond acceptors (Lipinski definition) is 2. The van der Waals surface area contributed by atoms with Gasteiger partial charge in [-0.1, -0.05) is 27.7 Å². The first-order valence-corrected chi connectivity index (χ1v) is 7.99. The molecule has 1 saturated heterocycles. The highest BCUT2D eigenvalue weighted by Crippen LogP contribution is 2.30. The summed E-state index contributed by atoms with van der Waals surface area (Å²) in [5.41, 5.74) is 0.333. The van der Waals surface area contributed by atoms with Crippen LogP contribution in [0.25, 0.3) is 0 Å². The number of carbonyl (C=O) groups is 1. The summed E-state index contributed by atoms with van der Waals surface area (Å²) in [6.07, 6.45) is 6.39. The number of nitrogens with one attached hydrogen (secondary N) is 1. The van der Waals surface area contributed by atoms with Crippen LogP contribution in [-0.4, -0.2) is 36.5 Å². The van der Waals surface area contributed by atoms with Crippen molar-refractivity contribution in [3.05, 3.63) is 0 Å². The molecule has 0 spiro atoms. The van der Waals surface area contributed by atoms with E-state index in [2.05, 4.69) is 37.9 Å². The maximum Gasteiger partial charge on any atom is 0.222 e. The van der Waals surface area contributed by atoms with Gasteiger partial charge >= 0.3 is 0 Å². The highest BCUT2D eigenvalue weighted by atomic mass is 16.2. The van der Waals surface area contributed by atoms with E-state index in [1.54, 1.807) is 0 Å². The third kappa shape index (κ3) is 5.94. The van der Waals surface area contributed by atoms with E-state index < -0.39 is 0 Å². The Morgan fingerprint density at radius 1 is 1.32 bits per heavy atom. The quantitative estimate of drug-likeness (QED) is 0.769. The van der Waals surface area contributed by atoms with Crippen LogP contribution in [0.2, 0.25) is 0 Å². The van der Waals surface area contributed by atoms with Crippen molar-refractivity contribution in [1.29, 1.82) is 0 Å². The number of likely N-dealkylation sites (tertiary alicyclic amines) is 1. The van der Waals surface area contributed by atoms with Gasteiger partial charge in [0.15, 0.2) is 0 Å². The maximum atomic E-state index is 12.1. The highest BCUT2D eigenvalue weighted by Gasteiger charge is 2.26. The van der Waals surface area contributed by atoms with Crippen molar-refractivity contribution in [2.75, 3.05) is 19.6 Å². The van der Waals surface area contributed by atoms with Gasteiger partial charge in [0.2, 0.25) is 5.91 Å². The summed E-state index contributed by atoms with van der Waals surface area (Å²) in [6, 6.07) is 0.614. The third-order valence-corrected chi connectivity index (χ3v) is 4.39. The Kier molecular flexibility index (Phi) is 6.84. The minimum absolute atomic E-state index is 0.333. The van der Waals surface area contributed by atoms with Crippen LogP contribution in [0.5, 0.6) is 0 Å². The first-order valence-electron chi connectivity index (χ1n) is 7.99. The molecule has 0 aromatic rings. The number of amides is 1. The Balaban J connectivity index is 2.33. The van der Waals surface area contributed by atoms with Crippen molar-refractivity contribution in [1.82, 2.24) is 10.2 Å². The largest absolute Gasteiger partial charge is 0.343 e. The van der Waals surface area contributed by atoms with Gasteiger partial charge in [0.1, 0.15) is 0 Å². The molecule has 0 aromatic carbocycles. The monoisotopic (exact) mass is 268 g/mol. The zero-order chi connectivity index (χ0) is 14.3. The summed E-state index contributed by atoms with van der Waals surface area (Å²) >= 11 is 0. The Labute approximate surface area is 119 Å². The molecular weight excluding hydrogens is 236 g/mol. The molecule has 1 heterocycles. The molecule has 3 nitrogen and oxygen atoms in total. The van der Waals surface area contributed by atoms with E-state index in [1.165, 1.54) is 12.8 Å². The number of hydrogen-bond donors (Lipinski definition) is 1. The minimum atomic E-state index is 0.333. The SMILES string of the molecule is CCNC(CC)CCCN1CCC(C)(C)CCC1=O. The molecule has 1 N–H and O–H groups in total. The van der Waals surface area contributed by atoms with Crippen LogP contribution in [0.4, 0.5) is 0 Å². The van der Waals surface area contributed by atoms with Crippen LogP contribution >= 0.6 is 0 Å². The molecule has 1 fully saturated rings. The van der Waals surface area contributed by atoms with Gasteiger partial charge in [0.05, 0.1) is 0 Å². The predicted octanol–water partition coefficient (Wildman–Crippen LogP) is 3.19. The van der Waals surface area contributed by atoms with Crippen LogP contribution < -0.4 is 5.32 Å². The van der Waals surface area contributed by atoms with Gasteiger partial charge in [-0.2, -0.15) is 0 Å². The van der Waals surface area contributed by atoms with Gasteiger partial charge in [0, 0.05) is 25.6 Å². The molecule has 1 rings (SSSR count). The van der Waals surface area contributed by atoms with Crippen LogP contribution in [0.3, 0.4) is 0 Å². The van der Waals surface area contributed by atoms with Gasteiger partial charge in [-0.05, 0) is 44.1 Å². The predicted molar refractivity (Wildman–Crippen MR) is 81.2 cm³/mol. The highest BCUT2D eigenvalue weighted by molar-refractivity contribution is 5.76. The fraction of sp³-hybridized carbons (Fsp3) is 0.938. The fourth-order valence-corrected chi connectivity index (χ4v) is 2.80. The Hall–Kier alpha value is -0.570. The second-order valence-corrected chi connectivity index (χ2v) is 6.60. The van der Waals surface area contributed by atoms with Gasteiger partial charge < -0.3 is 10.2 Å². The molecule has 1 amide bonds. The van der Waals surface area contributed by atoms with Crippen LogP contribution in [-0.2, 0) is 4.79 Å². The summed E-state index contributed by atoms with van der Waals surface area (Å²) < 4.78 is 0. The van der Waals surface area contributed by atoms with Gasteiger partial charge in [0.25, 0.3) is 0 Å². The Morgan fingerprint density at radius 3 is 2.68 bits per heavy atom. The van der Waals surface area contributed by atoms with E-state index in [0.717, 1.165) is 45.3 Å². The summed E-state index contributed by atoms with van der Waals surface area (Å²) in [6.45, 7) is 11.9. The maximum absolute atomic E-state index is 12.1. The van der Waals surface area contributed by atoms with E-state index in [0.29, 0.717) is 17.4 Å². The first kappa shape index (κ1) is 16.5. The van der Waals surface area contributed by atoms with E-state index in [9.17, 15) is 4.79 Å². The average molecular weight is 268 g/mol. The van der Waals surface area contributed by atoms with Crippen LogP contribution in [0.1, 0.15) is 66.2 Å². The van der Waals surface area contributed by atoms with Crippen molar-refractivity contribution in [3.8, 4) is 0 Å². The lowest BCUT2D eigenvalue weighted by Gasteiger charge is -2.24. The summed E-state index contributed by atoms with van der Waals surface area (Å²) in [7, 11) is 0. The minimum Gasteiger partial charge on any atom is -0.343 e. The standard InChI is InChI=1S/C16H32N2O/c1-5-14(17-6-2)8-7-12-18-13-11-16(3,4)10-9-15(18)19/h14,17H,5-13H2,1-4H3. The Bertz CT molecular complexity index is 276. The van der Waals surface area contributed by atoms with Crippen molar-refractivity contribution in [2.45, 2.75) is 72.3 Å². The van der Waals surface area contributed by atoms with E-state index in [1.807, 2.05) is 0 Å². The Morgan fingerprint density at radius 2 is 2.05 bits per heavy atom. The second kappa shape index (κ2) is 7.88. The summed E-state index contributed by atoms with van der Waals surface area (Å²) in [4.78, 5) is 14.2. The molecule has 1 aliphatic heterocycles. The van der Waals surface area contributed by atoms with Gasteiger partial charge in [-0.3, -0.25) is 4.79 Å². The number of nitrogens with zero attached hydrogens (tertiary/aromatic N) is 1. The topological polar surface area (TPSA) is 32.3 Å². The van der Waals surface area contributed by atoms with E-state index in [-0.39, 0.29) is 0 Å². The third-order valence-electron chi connectivity index (χ3n) is 4.39. The second-order valence-electron chi connectivity index (χ2n) is 6.60. The fourth-order valence-electron chi connectivity index (χ4n) is 2.80. The molecule has 0 saturated carbocycles. The van der Waals surface area contributed by atoms with Crippen LogP contribution in [0, 0.1) is 5.41 Å². The molecule has 19 heavy (non-hydrogen) atoms. The number of carbonyl (C=O) groups excluding carboxylic acids is 1. The smallest absolute Gasteiger partial charge is 0.222 e. The van der Waals surface area contributed by atoms with E-state index >= 15 is 0 Å². The molecule has 3 heteroatoms. The molecular formula is C16H32N2O. The van der Waals surface area contributed by atoms with Gasteiger partial charge in [-0.25, -0.2) is 0 Å². The lowest BCUT2D eigenvalue weighted by molar-refractivity contribution is -0.130. The molecule has 0 aliphatic carbocycles. The molecule has 0 radical (unpaired) electrons. The molecule has 0 bridgehead atoms. The average Bonchev–Trinajstić information content (AvgIpc) is 2.50. The first-order chi connectivity index (χ1) is 8.98. The molecule has 0 aromatic heterocycles. The lowest BCUT2D eigenvalue weighted by Crippen LogP contribution is -2.33. The van der Waals surface area contributed by atoms with Crippen molar-refractivity contribution >= 4 is 5.91 Å². The summed E-state index contributed by atoms with van der Waals surface area (Å²) in [5.74, 6) is 0.363. The zero-order valence-electron chi connectivity index (χ0n) is 13.3. The molecule has 1 unspecified atom stereocenters. The van der Waals surface area contributed by atoms with Crippen molar-refractivity contribution in [2.24, 2.45) is 5.41 Å². The van der Waals surface area contributed by atoms with E-state index in [4.69, 9.17) is 0 Å².